The maximum Gasteiger partial charge on any atom is 0.410 e. The average Bonchev–Trinajstić information content (AvgIpc) is 1.57. The summed E-state index contributed by atoms with van der Waals surface area (Å²) < 4.78 is 48.8. The first-order valence-corrected chi connectivity index (χ1v) is 39.1. The van der Waals surface area contributed by atoms with Gasteiger partial charge in [-0.05, 0) is 132 Å². The highest BCUT2D eigenvalue weighted by atomic mass is 32.2. The predicted octanol–water partition coefficient (Wildman–Crippen LogP) is 10.1. The van der Waals surface area contributed by atoms with Gasteiger partial charge in [-0.2, -0.15) is 0 Å². The minimum absolute atomic E-state index is 0.0558. The molecule has 0 unspecified atom stereocenters. The molecule has 2 saturated carbocycles. The number of carbonyl (C=O) groups excluding carboxylic acids is 9. The van der Waals surface area contributed by atoms with E-state index in [1.54, 1.807) is 47.9 Å². The van der Waals surface area contributed by atoms with E-state index in [1.165, 1.54) is 24.7 Å². The number of methoxy groups -OCH3 is 2. The molecule has 2 aromatic heterocycles. The Balaban J connectivity index is 0.000000213. The van der Waals surface area contributed by atoms with Crippen molar-refractivity contribution in [3.05, 3.63) is 107 Å². The molecule has 5 fully saturated rings. The highest BCUT2D eigenvalue weighted by molar-refractivity contribution is 7.91. The number of H-pyrrole nitrogens is 2. The molecule has 578 valence electrons. The van der Waals surface area contributed by atoms with E-state index in [0.717, 1.165) is 108 Å². The number of nitrogens with zero attached hydrogens (tertiary/aromatic N) is 6. The van der Waals surface area contributed by atoms with Gasteiger partial charge in [0, 0.05) is 32.6 Å². The van der Waals surface area contributed by atoms with E-state index in [0.29, 0.717) is 45.4 Å². The van der Waals surface area contributed by atoms with Gasteiger partial charge < -0.3 is 64.9 Å². The van der Waals surface area contributed by atoms with Gasteiger partial charge in [-0.1, -0.05) is 149 Å². The third-order valence-corrected chi connectivity index (χ3v) is 23.7. The second-order valence-corrected chi connectivity index (χ2v) is 34.1. The molecule has 3 saturated heterocycles. The molecular formula is C78H105N13O15S. The summed E-state index contributed by atoms with van der Waals surface area (Å²) in [6.45, 7) is 20.9. The van der Waals surface area contributed by atoms with Crippen LogP contribution in [0.2, 0.25) is 0 Å². The van der Waals surface area contributed by atoms with E-state index in [2.05, 4.69) is 76.3 Å². The van der Waals surface area contributed by atoms with Crippen molar-refractivity contribution < 1.29 is 70.5 Å². The van der Waals surface area contributed by atoms with E-state index in [9.17, 15) is 51.6 Å². The van der Waals surface area contributed by atoms with Gasteiger partial charge in [-0.25, -0.2) is 37.6 Å². The molecule has 4 bridgehead atoms. The molecule has 29 heteroatoms. The molecule has 9 amide bonds. The van der Waals surface area contributed by atoms with Gasteiger partial charge in [0.05, 0.1) is 68.5 Å². The standard InChI is InChI=1S/C40H50N8O6.C38H55N5O9S/c1-23(2)33(45-39(51)53-5)37(49)47-19-7-9-31(47)35-41-21-29(43-35)27-15-11-25(12-16-27)26-13-17-28(18-14-26)30-22-42-36(44-30)32-10-8-20-48(32)38(50)34(24(3)4)46-40(52)54-6;1-7-25-18-38(25,33(46)41-53(49,50)27-14-15-27)40-31(44)29-17-26-20-43(29)32(45)30(36(2,3)4)39-34(47)51-22-37(5,6)16-9-8-11-23-12-10-13-24-19-42(21-28(23)24)35(48)52-26/h11-18,21-24,31-34H,7-10,19-20H2,1-6H3,(H,41,43)(H,42,44)(H,45,51)(H,46,52);10,12-13,25-27,29-30H,7-9,11,14-22H2,1-6H3,(H,39,47)(H,40,44)(H,41,46)/t31-,32-,33-,34-;25-,26-,29+,30-,38-/m01/s1. The number of sulfonamides is 1. The number of fused-ring (bicyclic) bond motifs is 3. The third kappa shape index (κ3) is 18.0. The van der Waals surface area contributed by atoms with Gasteiger partial charge in [-0.3, -0.25) is 33.6 Å². The van der Waals surface area contributed by atoms with Crippen LogP contribution in [0.5, 0.6) is 0 Å². The Kier molecular flexibility index (Phi) is 23.9. The molecule has 107 heavy (non-hydrogen) atoms. The topological polar surface area (TPSA) is 355 Å². The molecular weight excluding hydrogens is 1390 g/mol. The van der Waals surface area contributed by atoms with Crippen LogP contribution in [0.15, 0.2) is 79.1 Å². The first-order valence-electron chi connectivity index (χ1n) is 37.6. The lowest BCUT2D eigenvalue weighted by atomic mass is 9.85. The molecule has 12 rings (SSSR count). The molecule has 0 spiro atoms. The summed E-state index contributed by atoms with van der Waals surface area (Å²) >= 11 is 0. The number of aromatic amines is 2. The average molecular weight is 1500 g/mol. The van der Waals surface area contributed by atoms with Crippen molar-refractivity contribution in [2.45, 2.75) is 219 Å². The van der Waals surface area contributed by atoms with Gasteiger partial charge >= 0.3 is 24.4 Å². The highest BCUT2D eigenvalue weighted by Crippen LogP contribution is 2.47. The van der Waals surface area contributed by atoms with Gasteiger partial charge in [-0.15, -0.1) is 0 Å². The molecule has 2 aliphatic carbocycles. The number of imidazole rings is 2. The van der Waals surface area contributed by atoms with Crippen LogP contribution in [0.1, 0.15) is 187 Å². The summed E-state index contributed by atoms with van der Waals surface area (Å²) in [6, 6.07) is 18.5. The normalized spacial score (nSPS) is 23.7. The number of hydrogen-bond acceptors (Lipinski definition) is 17. The fourth-order valence-corrected chi connectivity index (χ4v) is 16.7. The summed E-state index contributed by atoms with van der Waals surface area (Å²) in [5.41, 5.74) is 6.52. The second kappa shape index (κ2) is 32.5. The van der Waals surface area contributed by atoms with Crippen LogP contribution in [0.25, 0.3) is 33.6 Å². The first-order chi connectivity index (χ1) is 50.8. The maximum absolute atomic E-state index is 14.5. The Hall–Kier alpha value is -9.54. The van der Waals surface area contributed by atoms with Crippen molar-refractivity contribution >= 4 is 63.9 Å². The summed E-state index contributed by atoms with van der Waals surface area (Å²) in [4.78, 5) is 143. The molecule has 5 aliphatic heterocycles. The van der Waals surface area contributed by atoms with E-state index in [-0.39, 0.29) is 73.1 Å². The molecule has 28 nitrogen and oxygen atoms in total. The Morgan fingerprint density at radius 3 is 1.74 bits per heavy atom. The zero-order valence-corrected chi connectivity index (χ0v) is 64.3. The molecule has 0 radical (unpaired) electrons. The lowest BCUT2D eigenvalue weighted by Gasteiger charge is -2.35. The number of rotatable bonds is 17. The summed E-state index contributed by atoms with van der Waals surface area (Å²) in [5, 5.41) is 10.3. The Morgan fingerprint density at radius 2 is 1.24 bits per heavy atom. The number of aromatic nitrogens is 4. The molecule has 9 atom stereocenters. The lowest BCUT2D eigenvalue weighted by molar-refractivity contribution is -0.143. The fourth-order valence-electron chi connectivity index (χ4n) is 15.3. The third-order valence-electron chi connectivity index (χ3n) is 21.9. The van der Waals surface area contributed by atoms with Crippen LogP contribution in [-0.2, 0) is 72.5 Å². The number of hydrogen-bond donors (Lipinski definition) is 7. The summed E-state index contributed by atoms with van der Waals surface area (Å²) in [6.07, 6.45) is 8.55. The summed E-state index contributed by atoms with van der Waals surface area (Å²) in [5.74, 6) is -1.38. The Bertz CT molecular complexity index is 4080. The van der Waals surface area contributed by atoms with E-state index in [1.807, 2.05) is 84.9 Å². The van der Waals surface area contributed by atoms with Gasteiger partial charge in [0.2, 0.25) is 33.7 Å². The van der Waals surface area contributed by atoms with Crippen molar-refractivity contribution in [1.82, 2.24) is 65.5 Å². The lowest BCUT2D eigenvalue weighted by Crippen LogP contribution is -2.60. The number of alkyl carbamates (subject to hydrolysis) is 3. The molecule has 7 N–H and O–H groups in total. The number of cyclic esters (lactones) is 1. The molecule has 5 aromatic rings. The number of carbonyl (C=O) groups is 9. The minimum Gasteiger partial charge on any atom is -0.453 e. The van der Waals surface area contributed by atoms with Crippen LogP contribution in [0.3, 0.4) is 0 Å². The van der Waals surface area contributed by atoms with Crippen LogP contribution in [0, 0.1) is 28.6 Å². The monoisotopic (exact) mass is 1500 g/mol. The predicted molar refractivity (Wildman–Crippen MR) is 397 cm³/mol. The largest absolute Gasteiger partial charge is 0.453 e. The number of nitrogens with one attached hydrogen (secondary N) is 7. The number of likely N-dealkylation sites (tertiary alicyclic amines) is 2. The highest BCUT2D eigenvalue weighted by Gasteiger charge is 2.62. The van der Waals surface area contributed by atoms with Crippen molar-refractivity contribution in [2.24, 2.45) is 28.6 Å². The van der Waals surface area contributed by atoms with Crippen molar-refractivity contribution in [1.29, 1.82) is 0 Å². The van der Waals surface area contributed by atoms with Gasteiger partial charge in [0.25, 0.3) is 5.91 Å². The van der Waals surface area contributed by atoms with Gasteiger partial charge in [0.15, 0.2) is 0 Å². The zero-order chi connectivity index (χ0) is 77.0. The van der Waals surface area contributed by atoms with Crippen LogP contribution in [-0.4, -0.2) is 183 Å². The Morgan fingerprint density at radius 1 is 0.710 bits per heavy atom. The molecule has 3 aromatic carbocycles. The second-order valence-electron chi connectivity index (χ2n) is 32.1. The molecule has 7 heterocycles. The van der Waals surface area contributed by atoms with Gasteiger partial charge in [0.1, 0.15) is 47.5 Å². The SMILES string of the molecule is CC[C@@H]1C[C@]1(NC(=O)[C@@H]1C[C@@H]2CN1C(=O)[C@H](C(C)(C)C)NC(=O)OCC(C)(C)CCCCc1cccc3c1CN(C3)C(=O)O2)C(=O)NS(=O)(=O)C1CC1.COC(=O)N[C@H](C(=O)N1CCC[C@H]1c1ncc(-c2ccc(-c3ccc(-c4cnc([C@@H]5CCCN5C(=O)[C@@H](NC(=O)OC)C(C)C)[nH]4)cc3)cc2)[nH]1)C(C)C. The number of benzene rings is 3. The van der Waals surface area contributed by atoms with Crippen LogP contribution in [0.4, 0.5) is 19.2 Å². The smallest absolute Gasteiger partial charge is 0.410 e. The fraction of sp³-hybridized carbons (Fsp3) is 0.577. The van der Waals surface area contributed by atoms with E-state index >= 15 is 0 Å². The zero-order valence-electron chi connectivity index (χ0n) is 63.5. The van der Waals surface area contributed by atoms with Crippen LogP contribution >= 0.6 is 0 Å². The maximum atomic E-state index is 14.5. The number of amides is 9. The van der Waals surface area contributed by atoms with E-state index in [4.69, 9.17) is 18.9 Å². The van der Waals surface area contributed by atoms with E-state index < -0.39 is 98.6 Å². The first kappa shape index (κ1) is 78.5. The number of aryl methyl sites for hydroxylation is 1. The van der Waals surface area contributed by atoms with Crippen molar-refractivity contribution in [2.75, 3.05) is 40.5 Å². The summed E-state index contributed by atoms with van der Waals surface area (Å²) in [7, 11) is -1.30. The van der Waals surface area contributed by atoms with Crippen molar-refractivity contribution in [3.63, 3.8) is 0 Å². The van der Waals surface area contributed by atoms with Crippen molar-refractivity contribution in [3.8, 4) is 33.6 Å². The minimum atomic E-state index is -3.88. The number of ether oxygens (including phenoxy) is 4. The quantitative estimate of drug-likeness (QED) is 0.0425. The Labute approximate surface area is 626 Å². The molecule has 7 aliphatic rings. The van der Waals surface area contributed by atoms with Crippen LogP contribution < -0.4 is 26.0 Å².